The van der Waals surface area contributed by atoms with Crippen molar-refractivity contribution in [3.05, 3.63) is 71.8 Å². The Morgan fingerprint density at radius 2 is 1.31 bits per heavy atom. The molecule has 2 aromatic rings. The fourth-order valence-electron chi connectivity index (χ4n) is 4.32. The van der Waals surface area contributed by atoms with Crippen LogP contribution in [-0.2, 0) is 0 Å². The van der Waals surface area contributed by atoms with Gasteiger partial charge in [0.1, 0.15) is 0 Å². The lowest BCUT2D eigenvalue weighted by Gasteiger charge is -2.38. The third-order valence-corrected chi connectivity index (χ3v) is 5.81. The predicted octanol–water partition coefficient (Wildman–Crippen LogP) is 5.40. The van der Waals surface area contributed by atoms with E-state index >= 15 is 0 Å². The first-order chi connectivity index (χ1) is 12.9. The number of nitrogens with two attached hydrogens (primary N) is 1. The summed E-state index contributed by atoms with van der Waals surface area (Å²) in [5.41, 5.74) is 8.42. The molecule has 0 amide bonds. The molecule has 2 aromatic carbocycles. The molecule has 0 saturated carbocycles. The fraction of sp³-hybridized carbons (Fsp3) is 0.500. The Balaban J connectivity index is 1.58. The third kappa shape index (κ3) is 5.43. The molecule has 2 N–H and O–H groups in total. The topological polar surface area (TPSA) is 29.3 Å². The molecule has 1 aliphatic heterocycles. The molecule has 2 nitrogen and oxygen atoms in total. The highest BCUT2D eigenvalue weighted by atomic mass is 15.2. The predicted molar refractivity (Wildman–Crippen MR) is 111 cm³/mol. The van der Waals surface area contributed by atoms with Crippen molar-refractivity contribution in [1.82, 2.24) is 4.90 Å². The maximum Gasteiger partial charge on any atom is 0.0601 e. The lowest BCUT2D eigenvalue weighted by atomic mass is 9.88. The van der Waals surface area contributed by atoms with Crippen LogP contribution in [0.3, 0.4) is 0 Å². The van der Waals surface area contributed by atoms with Crippen molar-refractivity contribution in [1.29, 1.82) is 0 Å². The first-order valence-electron chi connectivity index (χ1n) is 10.4. The SMILES string of the molecule is NCCCCCCC1CCN(C(c2ccccc2)c2ccccc2)CC1. The number of rotatable bonds is 9. The van der Waals surface area contributed by atoms with E-state index in [2.05, 4.69) is 65.6 Å². The summed E-state index contributed by atoms with van der Waals surface area (Å²) in [6, 6.07) is 22.4. The molecule has 1 fully saturated rings. The zero-order valence-corrected chi connectivity index (χ0v) is 16.0. The Hall–Kier alpha value is -1.64. The van der Waals surface area contributed by atoms with Gasteiger partial charge in [0.2, 0.25) is 0 Å². The molecule has 2 heteroatoms. The highest BCUT2D eigenvalue weighted by Crippen LogP contribution is 2.33. The lowest BCUT2D eigenvalue weighted by molar-refractivity contribution is 0.145. The maximum absolute atomic E-state index is 5.59. The van der Waals surface area contributed by atoms with E-state index in [1.54, 1.807) is 0 Å². The van der Waals surface area contributed by atoms with Crippen molar-refractivity contribution in [3.63, 3.8) is 0 Å². The lowest BCUT2D eigenvalue weighted by Crippen LogP contribution is -2.37. The number of unbranched alkanes of at least 4 members (excludes halogenated alkanes) is 3. The number of piperidine rings is 1. The van der Waals surface area contributed by atoms with Gasteiger partial charge in [0.05, 0.1) is 6.04 Å². The molecule has 26 heavy (non-hydrogen) atoms. The van der Waals surface area contributed by atoms with Crippen LogP contribution in [0, 0.1) is 5.92 Å². The second kappa shape index (κ2) is 10.5. The standard InChI is InChI=1S/C24H34N2/c25-18-10-2-1-5-11-21-16-19-26(20-17-21)24(22-12-6-3-7-13-22)23-14-8-4-9-15-23/h3-4,6-9,12-15,21,24H,1-2,5,10-11,16-20,25H2. The first kappa shape index (κ1) is 19.1. The first-order valence-corrected chi connectivity index (χ1v) is 10.4. The molecular formula is C24H34N2. The second-order valence-electron chi connectivity index (χ2n) is 7.69. The number of likely N-dealkylation sites (tertiary alicyclic amines) is 1. The van der Waals surface area contributed by atoms with Crippen molar-refractivity contribution >= 4 is 0 Å². The van der Waals surface area contributed by atoms with Gasteiger partial charge >= 0.3 is 0 Å². The van der Waals surface area contributed by atoms with Gasteiger partial charge < -0.3 is 5.73 Å². The third-order valence-electron chi connectivity index (χ3n) is 5.81. The summed E-state index contributed by atoms with van der Waals surface area (Å²) >= 11 is 0. The van der Waals surface area contributed by atoms with Gasteiger partial charge in [-0.1, -0.05) is 86.3 Å². The van der Waals surface area contributed by atoms with Gasteiger partial charge in [0, 0.05) is 0 Å². The molecule has 1 saturated heterocycles. The fourth-order valence-corrected chi connectivity index (χ4v) is 4.32. The Kier molecular flexibility index (Phi) is 7.72. The van der Waals surface area contributed by atoms with Crippen LogP contribution in [-0.4, -0.2) is 24.5 Å². The van der Waals surface area contributed by atoms with Crippen LogP contribution in [0.4, 0.5) is 0 Å². The number of nitrogens with zero attached hydrogens (tertiary/aromatic N) is 1. The minimum absolute atomic E-state index is 0.392. The molecule has 0 aliphatic carbocycles. The van der Waals surface area contributed by atoms with Crippen LogP contribution in [0.25, 0.3) is 0 Å². The molecular weight excluding hydrogens is 316 g/mol. The normalized spacial score (nSPS) is 16.2. The van der Waals surface area contributed by atoms with Crippen LogP contribution in [0.2, 0.25) is 0 Å². The van der Waals surface area contributed by atoms with Crippen LogP contribution >= 0.6 is 0 Å². The van der Waals surface area contributed by atoms with E-state index in [4.69, 9.17) is 5.73 Å². The van der Waals surface area contributed by atoms with E-state index in [0.29, 0.717) is 6.04 Å². The Bertz CT molecular complexity index is 563. The highest BCUT2D eigenvalue weighted by Gasteiger charge is 2.26. The van der Waals surface area contributed by atoms with E-state index in [-0.39, 0.29) is 0 Å². The van der Waals surface area contributed by atoms with Crippen LogP contribution in [0.5, 0.6) is 0 Å². The van der Waals surface area contributed by atoms with Gasteiger partial charge in [-0.3, -0.25) is 4.90 Å². The molecule has 140 valence electrons. The molecule has 0 atom stereocenters. The molecule has 0 bridgehead atoms. The average Bonchev–Trinajstić information content (AvgIpc) is 2.71. The van der Waals surface area contributed by atoms with Crippen LogP contribution < -0.4 is 5.73 Å². The summed E-state index contributed by atoms with van der Waals surface area (Å²) in [7, 11) is 0. The zero-order chi connectivity index (χ0) is 18.0. The zero-order valence-electron chi connectivity index (χ0n) is 16.0. The van der Waals surface area contributed by atoms with E-state index < -0.39 is 0 Å². The number of hydrogen-bond donors (Lipinski definition) is 1. The Morgan fingerprint density at radius 1 is 0.769 bits per heavy atom. The van der Waals surface area contributed by atoms with Crippen molar-refractivity contribution in [3.8, 4) is 0 Å². The minimum Gasteiger partial charge on any atom is -0.330 e. The summed E-state index contributed by atoms with van der Waals surface area (Å²) in [5.74, 6) is 0.913. The van der Waals surface area contributed by atoms with Gasteiger partial charge in [0.15, 0.2) is 0 Å². The number of benzene rings is 2. The maximum atomic E-state index is 5.59. The smallest absolute Gasteiger partial charge is 0.0601 e. The summed E-state index contributed by atoms with van der Waals surface area (Å²) in [6.07, 6.45) is 9.31. The minimum atomic E-state index is 0.392. The van der Waals surface area contributed by atoms with Crippen LogP contribution in [0.1, 0.15) is 62.1 Å². The molecule has 1 aliphatic rings. The van der Waals surface area contributed by atoms with Gasteiger partial charge in [-0.15, -0.1) is 0 Å². The van der Waals surface area contributed by atoms with Crippen molar-refractivity contribution < 1.29 is 0 Å². The van der Waals surface area contributed by atoms with Crippen LogP contribution in [0.15, 0.2) is 60.7 Å². The second-order valence-corrected chi connectivity index (χ2v) is 7.69. The van der Waals surface area contributed by atoms with Gasteiger partial charge in [-0.2, -0.15) is 0 Å². The molecule has 0 spiro atoms. The summed E-state index contributed by atoms with van der Waals surface area (Å²) < 4.78 is 0. The largest absolute Gasteiger partial charge is 0.330 e. The number of hydrogen-bond acceptors (Lipinski definition) is 2. The molecule has 0 radical (unpaired) electrons. The molecule has 1 heterocycles. The summed E-state index contributed by atoms with van der Waals surface area (Å²) in [5, 5.41) is 0. The van der Waals surface area contributed by atoms with Crippen molar-refractivity contribution in [2.75, 3.05) is 19.6 Å². The van der Waals surface area contributed by atoms with Crippen molar-refractivity contribution in [2.24, 2.45) is 11.7 Å². The Morgan fingerprint density at radius 3 is 1.85 bits per heavy atom. The van der Waals surface area contributed by atoms with Gasteiger partial charge in [-0.05, 0) is 55.9 Å². The van der Waals surface area contributed by atoms with E-state index in [1.807, 2.05) is 0 Å². The molecule has 3 rings (SSSR count). The Labute approximate surface area is 159 Å². The van der Waals surface area contributed by atoms with Gasteiger partial charge in [0.25, 0.3) is 0 Å². The van der Waals surface area contributed by atoms with E-state index in [0.717, 1.165) is 12.5 Å². The van der Waals surface area contributed by atoms with Gasteiger partial charge in [-0.25, -0.2) is 0 Å². The molecule has 0 aromatic heterocycles. The summed E-state index contributed by atoms with van der Waals surface area (Å²) in [6.45, 7) is 3.27. The van der Waals surface area contributed by atoms with Crippen molar-refractivity contribution in [2.45, 2.75) is 51.0 Å². The van der Waals surface area contributed by atoms with E-state index in [9.17, 15) is 0 Å². The van der Waals surface area contributed by atoms with E-state index in [1.165, 1.54) is 69.2 Å². The summed E-state index contributed by atoms with van der Waals surface area (Å²) in [4.78, 5) is 2.69. The monoisotopic (exact) mass is 350 g/mol. The quantitative estimate of drug-likeness (QED) is 0.614. The highest BCUT2D eigenvalue weighted by molar-refractivity contribution is 5.31. The average molecular weight is 351 g/mol. The molecule has 0 unspecified atom stereocenters.